The molecule has 0 radical (unpaired) electrons. The van der Waals surface area contributed by atoms with Crippen LogP contribution in [0, 0.1) is 6.92 Å². The lowest BCUT2D eigenvalue weighted by atomic mass is 9.95. The molecule has 1 saturated carbocycles. The van der Waals surface area contributed by atoms with Gasteiger partial charge in [-0.15, -0.1) is 0 Å². The minimum Gasteiger partial charge on any atom is -1.00 e. The van der Waals surface area contributed by atoms with Crippen molar-refractivity contribution in [3.05, 3.63) is 58.1 Å². The summed E-state index contributed by atoms with van der Waals surface area (Å²) in [4.78, 5) is 0. The van der Waals surface area contributed by atoms with Gasteiger partial charge in [0, 0.05) is 12.6 Å². The minimum absolute atomic E-state index is 0. The molecule has 0 aromatic heterocycles. The molecule has 3 rings (SSSR count). The third kappa shape index (κ3) is 6.58. The molecule has 0 unspecified atom stereocenters. The van der Waals surface area contributed by atoms with Crippen molar-refractivity contribution in [2.45, 2.75) is 65.1 Å². The predicted molar refractivity (Wildman–Crippen MR) is 112 cm³/mol. The molecule has 1 aliphatic carbocycles. The van der Waals surface area contributed by atoms with Gasteiger partial charge in [-0.05, 0) is 49.9 Å². The van der Waals surface area contributed by atoms with Gasteiger partial charge in [0.2, 0.25) is 0 Å². The number of rotatable bonds is 8. The van der Waals surface area contributed by atoms with Gasteiger partial charge < -0.3 is 27.2 Å². The van der Waals surface area contributed by atoms with E-state index in [9.17, 15) is 0 Å². The number of benzene rings is 2. The van der Waals surface area contributed by atoms with Crippen LogP contribution in [0.3, 0.4) is 0 Å². The first-order valence-electron chi connectivity index (χ1n) is 10.0. The molecular weight excluding hydrogens is 393 g/mol. The van der Waals surface area contributed by atoms with Gasteiger partial charge in [0.25, 0.3) is 0 Å². The lowest BCUT2D eigenvalue weighted by Crippen LogP contribution is -3.00. The maximum atomic E-state index is 6.55. The summed E-state index contributed by atoms with van der Waals surface area (Å²) in [6.45, 7) is 5.92. The molecule has 0 atom stereocenters. The van der Waals surface area contributed by atoms with Gasteiger partial charge in [-0.25, -0.2) is 0 Å². The van der Waals surface area contributed by atoms with E-state index >= 15 is 0 Å². The van der Waals surface area contributed by atoms with E-state index in [4.69, 9.17) is 21.1 Å². The Bertz CT molecular complexity index is 728. The Morgan fingerprint density at radius 3 is 2.39 bits per heavy atom. The molecule has 2 aromatic carbocycles. The number of aryl methyl sites for hydroxylation is 1. The highest BCUT2D eigenvalue weighted by atomic mass is 35.5. The van der Waals surface area contributed by atoms with Crippen molar-refractivity contribution in [2.24, 2.45) is 0 Å². The lowest BCUT2D eigenvalue weighted by molar-refractivity contribution is -0.00000638. The van der Waals surface area contributed by atoms with Gasteiger partial charge in [0.1, 0.15) is 6.61 Å². The van der Waals surface area contributed by atoms with Crippen LogP contribution in [-0.4, -0.2) is 12.6 Å². The monoisotopic (exact) mass is 422 g/mol. The molecule has 154 valence electrons. The lowest BCUT2D eigenvalue weighted by Gasteiger charge is -2.23. The standard InChI is InChI=1S/C23H30ClNO2.ClH/c1-3-26-22-14-19(15-25-20-7-5-4-6-8-20)13-21(24)23(22)27-16-18-11-9-17(2)10-12-18;/h9-14,20,25H,3-8,15-16H2,1-2H3;1H/p-1. The summed E-state index contributed by atoms with van der Waals surface area (Å²) in [5.41, 5.74) is 3.49. The number of hydrogen-bond acceptors (Lipinski definition) is 3. The van der Waals surface area contributed by atoms with Crippen LogP contribution in [0.5, 0.6) is 11.5 Å². The van der Waals surface area contributed by atoms with E-state index < -0.39 is 0 Å². The summed E-state index contributed by atoms with van der Waals surface area (Å²) in [7, 11) is 0. The Morgan fingerprint density at radius 1 is 1.00 bits per heavy atom. The molecule has 1 fully saturated rings. The van der Waals surface area contributed by atoms with Crippen molar-refractivity contribution in [3.8, 4) is 11.5 Å². The van der Waals surface area contributed by atoms with Gasteiger partial charge in [-0.1, -0.05) is 60.7 Å². The molecule has 1 N–H and O–H groups in total. The topological polar surface area (TPSA) is 30.5 Å². The smallest absolute Gasteiger partial charge is 0.180 e. The van der Waals surface area contributed by atoms with Crippen LogP contribution in [0.4, 0.5) is 0 Å². The molecule has 1 aliphatic rings. The Balaban J connectivity index is 0.00000280. The first kappa shape index (κ1) is 22.9. The van der Waals surface area contributed by atoms with E-state index in [1.807, 2.05) is 13.0 Å². The number of nitrogens with one attached hydrogen (secondary N) is 1. The third-order valence-electron chi connectivity index (χ3n) is 5.07. The van der Waals surface area contributed by atoms with E-state index in [-0.39, 0.29) is 12.4 Å². The van der Waals surface area contributed by atoms with Crippen molar-refractivity contribution in [2.75, 3.05) is 6.61 Å². The van der Waals surface area contributed by atoms with Crippen molar-refractivity contribution in [3.63, 3.8) is 0 Å². The van der Waals surface area contributed by atoms with Crippen LogP contribution in [0.15, 0.2) is 36.4 Å². The maximum Gasteiger partial charge on any atom is 0.180 e. The summed E-state index contributed by atoms with van der Waals surface area (Å²) < 4.78 is 11.8. The molecular formula is C23H30Cl2NO2-. The second kappa shape index (κ2) is 11.5. The van der Waals surface area contributed by atoms with E-state index in [0.717, 1.165) is 23.4 Å². The quantitative estimate of drug-likeness (QED) is 0.708. The van der Waals surface area contributed by atoms with Gasteiger partial charge >= 0.3 is 0 Å². The second-order valence-corrected chi connectivity index (χ2v) is 7.74. The minimum atomic E-state index is 0. The van der Waals surface area contributed by atoms with E-state index in [1.165, 1.54) is 37.7 Å². The fourth-order valence-electron chi connectivity index (χ4n) is 3.54. The van der Waals surface area contributed by atoms with E-state index in [0.29, 0.717) is 30.0 Å². The average Bonchev–Trinajstić information content (AvgIpc) is 2.68. The van der Waals surface area contributed by atoms with Gasteiger partial charge in [-0.2, -0.15) is 0 Å². The molecule has 0 amide bonds. The Kier molecular flexibility index (Phi) is 9.43. The highest BCUT2D eigenvalue weighted by molar-refractivity contribution is 6.32. The van der Waals surface area contributed by atoms with Crippen LogP contribution in [0.1, 0.15) is 55.7 Å². The van der Waals surface area contributed by atoms with Crippen molar-refractivity contribution in [1.82, 2.24) is 5.32 Å². The summed E-state index contributed by atoms with van der Waals surface area (Å²) in [6.07, 6.45) is 6.56. The Hall–Kier alpha value is -1.42. The molecule has 0 spiro atoms. The summed E-state index contributed by atoms with van der Waals surface area (Å²) in [5, 5.41) is 4.27. The normalized spacial score (nSPS) is 14.4. The molecule has 3 nitrogen and oxygen atoms in total. The largest absolute Gasteiger partial charge is 1.00 e. The highest BCUT2D eigenvalue weighted by Gasteiger charge is 2.16. The predicted octanol–water partition coefficient (Wildman–Crippen LogP) is 3.05. The molecule has 2 aromatic rings. The number of hydrogen-bond donors (Lipinski definition) is 1. The zero-order valence-electron chi connectivity index (χ0n) is 16.8. The van der Waals surface area contributed by atoms with Crippen molar-refractivity contribution < 1.29 is 21.9 Å². The van der Waals surface area contributed by atoms with Gasteiger partial charge in [0.05, 0.1) is 11.6 Å². The number of halogens is 2. The van der Waals surface area contributed by atoms with Gasteiger partial charge in [-0.3, -0.25) is 0 Å². The highest BCUT2D eigenvalue weighted by Crippen LogP contribution is 2.37. The second-order valence-electron chi connectivity index (χ2n) is 7.33. The van der Waals surface area contributed by atoms with Crippen LogP contribution < -0.4 is 27.2 Å². The molecule has 0 aliphatic heterocycles. The van der Waals surface area contributed by atoms with Crippen LogP contribution in [0.2, 0.25) is 5.02 Å². The fourth-order valence-corrected chi connectivity index (χ4v) is 3.82. The Labute approximate surface area is 180 Å². The Morgan fingerprint density at radius 2 is 1.71 bits per heavy atom. The van der Waals surface area contributed by atoms with Crippen molar-refractivity contribution in [1.29, 1.82) is 0 Å². The average molecular weight is 423 g/mol. The molecule has 28 heavy (non-hydrogen) atoms. The van der Waals surface area contributed by atoms with Crippen molar-refractivity contribution >= 4 is 11.6 Å². The van der Waals surface area contributed by atoms with Crippen LogP contribution in [-0.2, 0) is 13.2 Å². The third-order valence-corrected chi connectivity index (χ3v) is 5.35. The maximum absolute atomic E-state index is 6.55. The zero-order valence-corrected chi connectivity index (χ0v) is 18.3. The van der Waals surface area contributed by atoms with E-state index in [1.54, 1.807) is 0 Å². The zero-order chi connectivity index (χ0) is 19.1. The summed E-state index contributed by atoms with van der Waals surface area (Å²) in [6, 6.07) is 13.0. The number of ether oxygens (including phenoxy) is 2. The molecule has 0 saturated heterocycles. The summed E-state index contributed by atoms with van der Waals surface area (Å²) in [5.74, 6) is 1.35. The van der Waals surface area contributed by atoms with Crippen LogP contribution >= 0.6 is 11.6 Å². The first-order chi connectivity index (χ1) is 13.2. The van der Waals surface area contributed by atoms with E-state index in [2.05, 4.69) is 42.6 Å². The SMILES string of the molecule is CCOc1cc(CNC2CCCCC2)cc(Cl)c1OCc1ccc(C)cc1.[Cl-]. The fraction of sp³-hybridized carbons (Fsp3) is 0.478. The first-order valence-corrected chi connectivity index (χ1v) is 10.4. The molecule has 5 heteroatoms. The molecule has 0 bridgehead atoms. The summed E-state index contributed by atoms with van der Waals surface area (Å²) >= 11 is 6.55. The molecule has 0 heterocycles. The van der Waals surface area contributed by atoms with Crippen LogP contribution in [0.25, 0.3) is 0 Å². The van der Waals surface area contributed by atoms with Gasteiger partial charge in [0.15, 0.2) is 11.5 Å².